The molecule has 42 heavy (non-hydrogen) atoms. The SMILES string of the molecule is CC(=O)N1CC2CC(c3ccc(CCCOc4cc(Cl)cc(Cl)c4)cc3)=C(C(=O)N(C)CCc3ccccc3)[C@@H](C1)N2. The van der Waals surface area contributed by atoms with E-state index >= 15 is 0 Å². The molecule has 2 heterocycles. The Bertz CT molecular complexity index is 1420. The van der Waals surface area contributed by atoms with Gasteiger partial charge < -0.3 is 19.9 Å². The van der Waals surface area contributed by atoms with Gasteiger partial charge in [-0.25, -0.2) is 0 Å². The number of hydrogen-bond donors (Lipinski definition) is 1. The zero-order chi connectivity index (χ0) is 29.6. The zero-order valence-corrected chi connectivity index (χ0v) is 25.6. The summed E-state index contributed by atoms with van der Waals surface area (Å²) >= 11 is 12.1. The van der Waals surface area contributed by atoms with E-state index in [1.165, 1.54) is 11.1 Å². The van der Waals surface area contributed by atoms with Crippen LogP contribution in [0.3, 0.4) is 0 Å². The standard InChI is InChI=1S/C34H37Cl2N3O3/c1-23(40)39-21-29-20-31(33(32(22-39)37-29)34(41)38(2)15-14-24-7-4-3-5-8-24)26-12-10-25(11-13-26)9-6-16-42-30-18-27(35)17-28(36)19-30/h3-5,7-8,10-13,17-19,29,32,37H,6,9,14-16,20-22H2,1-2H3/t29?,32-/m1/s1. The van der Waals surface area contributed by atoms with Crippen LogP contribution in [0.5, 0.6) is 5.75 Å². The van der Waals surface area contributed by atoms with Gasteiger partial charge in [-0.2, -0.15) is 0 Å². The van der Waals surface area contributed by atoms with Gasteiger partial charge in [-0.05, 0) is 66.1 Å². The molecule has 0 aliphatic carbocycles. The molecular formula is C34H37Cl2N3O3. The van der Waals surface area contributed by atoms with Crippen molar-refractivity contribution in [3.05, 3.63) is 105 Å². The number of benzene rings is 3. The van der Waals surface area contributed by atoms with Gasteiger partial charge in [0.2, 0.25) is 5.91 Å². The molecule has 2 bridgehead atoms. The molecule has 3 aromatic carbocycles. The summed E-state index contributed by atoms with van der Waals surface area (Å²) in [5.74, 6) is 0.733. The Morgan fingerprint density at radius 1 is 0.952 bits per heavy atom. The number of nitrogens with one attached hydrogen (secondary N) is 1. The van der Waals surface area contributed by atoms with E-state index in [2.05, 4.69) is 41.7 Å². The van der Waals surface area contributed by atoms with Crippen LogP contribution in [-0.4, -0.2) is 67.0 Å². The lowest BCUT2D eigenvalue weighted by atomic mass is 9.82. The summed E-state index contributed by atoms with van der Waals surface area (Å²) in [5, 5.41) is 4.74. The van der Waals surface area contributed by atoms with Gasteiger partial charge in [0.15, 0.2) is 0 Å². The lowest BCUT2D eigenvalue weighted by molar-refractivity contribution is -0.132. The second-order valence-corrected chi connectivity index (χ2v) is 12.0. The third-order valence-corrected chi connectivity index (χ3v) is 8.46. The van der Waals surface area contributed by atoms with Crippen molar-refractivity contribution in [1.82, 2.24) is 15.1 Å². The highest BCUT2D eigenvalue weighted by Crippen LogP contribution is 2.34. The lowest BCUT2D eigenvalue weighted by Crippen LogP contribution is -2.61. The van der Waals surface area contributed by atoms with Gasteiger partial charge in [-0.3, -0.25) is 9.59 Å². The molecule has 8 heteroatoms. The molecule has 1 N–H and O–H groups in total. The molecule has 0 aromatic heterocycles. The third kappa shape index (κ3) is 7.54. The monoisotopic (exact) mass is 605 g/mol. The summed E-state index contributed by atoms with van der Waals surface area (Å²) in [6.45, 7) is 3.93. The van der Waals surface area contributed by atoms with E-state index in [4.69, 9.17) is 27.9 Å². The summed E-state index contributed by atoms with van der Waals surface area (Å²) in [6.07, 6.45) is 3.19. The van der Waals surface area contributed by atoms with Crippen LogP contribution < -0.4 is 10.1 Å². The topological polar surface area (TPSA) is 61.9 Å². The molecule has 1 unspecified atom stereocenters. The van der Waals surface area contributed by atoms with Gasteiger partial charge in [0, 0.05) is 55.3 Å². The minimum absolute atomic E-state index is 0.0182. The van der Waals surface area contributed by atoms with Crippen molar-refractivity contribution in [2.75, 3.05) is 33.3 Å². The van der Waals surface area contributed by atoms with Gasteiger partial charge in [0.25, 0.3) is 5.91 Å². The molecule has 3 aromatic rings. The van der Waals surface area contributed by atoms with Crippen LogP contribution in [0.15, 0.2) is 78.4 Å². The summed E-state index contributed by atoms with van der Waals surface area (Å²) in [5.41, 5.74) is 5.32. The first-order valence-electron chi connectivity index (χ1n) is 14.5. The minimum Gasteiger partial charge on any atom is -0.493 e. The average Bonchev–Trinajstić information content (AvgIpc) is 2.97. The first-order valence-corrected chi connectivity index (χ1v) is 15.2. The number of carbonyl (C=O) groups is 2. The van der Waals surface area contributed by atoms with E-state index in [9.17, 15) is 9.59 Å². The quantitative estimate of drug-likeness (QED) is 0.286. The number of halogens is 2. The Morgan fingerprint density at radius 2 is 1.64 bits per heavy atom. The Hall–Kier alpha value is -3.32. The maximum atomic E-state index is 14.0. The molecule has 220 valence electrons. The predicted octanol–water partition coefficient (Wildman–Crippen LogP) is 6.05. The first-order chi connectivity index (χ1) is 20.3. The fraction of sp³-hybridized carbons (Fsp3) is 0.353. The van der Waals surface area contributed by atoms with Gasteiger partial charge in [0.05, 0.1) is 12.6 Å². The summed E-state index contributed by atoms with van der Waals surface area (Å²) < 4.78 is 5.83. The molecular weight excluding hydrogens is 569 g/mol. The maximum absolute atomic E-state index is 14.0. The number of piperazine rings is 1. The number of ether oxygens (including phenoxy) is 1. The van der Waals surface area contributed by atoms with Crippen molar-refractivity contribution in [1.29, 1.82) is 0 Å². The van der Waals surface area contributed by atoms with Gasteiger partial charge >= 0.3 is 0 Å². The van der Waals surface area contributed by atoms with Crippen molar-refractivity contribution in [3.63, 3.8) is 0 Å². The van der Waals surface area contributed by atoms with Crippen molar-refractivity contribution >= 4 is 40.6 Å². The Labute approximate surface area is 258 Å². The number of hydrogen-bond acceptors (Lipinski definition) is 4. The second kappa shape index (κ2) is 13.8. The lowest BCUT2D eigenvalue weighted by Gasteiger charge is -2.44. The van der Waals surface area contributed by atoms with Crippen LogP contribution in [0.25, 0.3) is 5.57 Å². The van der Waals surface area contributed by atoms with Crippen molar-refractivity contribution in [3.8, 4) is 5.75 Å². The molecule has 2 amide bonds. The highest BCUT2D eigenvalue weighted by molar-refractivity contribution is 6.34. The summed E-state index contributed by atoms with van der Waals surface area (Å²) in [7, 11) is 1.87. The number of fused-ring (bicyclic) bond motifs is 2. The highest BCUT2D eigenvalue weighted by Gasteiger charge is 2.39. The molecule has 0 spiro atoms. The van der Waals surface area contributed by atoms with Crippen LogP contribution in [0.2, 0.25) is 10.0 Å². The number of carbonyl (C=O) groups excluding carboxylic acids is 2. The molecule has 5 rings (SSSR count). The molecule has 0 saturated carbocycles. The van der Waals surface area contributed by atoms with E-state index < -0.39 is 0 Å². The Balaban J connectivity index is 1.30. The number of likely N-dealkylation sites (N-methyl/N-ethyl adjacent to an activating group) is 1. The van der Waals surface area contributed by atoms with E-state index in [0.717, 1.165) is 36.0 Å². The zero-order valence-electron chi connectivity index (χ0n) is 24.1. The number of amides is 2. The molecule has 1 fully saturated rings. The fourth-order valence-electron chi connectivity index (χ4n) is 5.82. The highest BCUT2D eigenvalue weighted by atomic mass is 35.5. The molecule has 6 nitrogen and oxygen atoms in total. The fourth-order valence-corrected chi connectivity index (χ4v) is 6.33. The summed E-state index contributed by atoms with van der Waals surface area (Å²) in [6, 6.07) is 23.9. The van der Waals surface area contributed by atoms with Crippen LogP contribution in [0.1, 0.15) is 36.5 Å². The van der Waals surface area contributed by atoms with Gasteiger partial charge in [-0.15, -0.1) is 0 Å². The van der Waals surface area contributed by atoms with Crippen molar-refractivity contribution in [2.45, 2.75) is 44.7 Å². The molecule has 0 radical (unpaired) electrons. The van der Waals surface area contributed by atoms with Crippen molar-refractivity contribution < 1.29 is 14.3 Å². The van der Waals surface area contributed by atoms with Gasteiger partial charge in [-0.1, -0.05) is 77.8 Å². The Morgan fingerprint density at radius 3 is 2.33 bits per heavy atom. The molecule has 2 atom stereocenters. The normalized spacial score (nSPS) is 18.1. The number of rotatable bonds is 10. The summed E-state index contributed by atoms with van der Waals surface area (Å²) in [4.78, 5) is 29.9. The van der Waals surface area contributed by atoms with Crippen LogP contribution in [0.4, 0.5) is 0 Å². The van der Waals surface area contributed by atoms with Crippen LogP contribution >= 0.6 is 23.2 Å². The van der Waals surface area contributed by atoms with Crippen LogP contribution in [0, 0.1) is 0 Å². The van der Waals surface area contributed by atoms with E-state index in [0.29, 0.717) is 48.5 Å². The van der Waals surface area contributed by atoms with Crippen molar-refractivity contribution in [2.24, 2.45) is 0 Å². The number of nitrogens with zero attached hydrogens (tertiary/aromatic N) is 2. The maximum Gasteiger partial charge on any atom is 0.251 e. The molecule has 2 aliphatic rings. The third-order valence-electron chi connectivity index (χ3n) is 8.02. The second-order valence-electron chi connectivity index (χ2n) is 11.2. The van der Waals surface area contributed by atoms with Crippen LogP contribution in [-0.2, 0) is 22.4 Å². The predicted molar refractivity (Wildman–Crippen MR) is 169 cm³/mol. The largest absolute Gasteiger partial charge is 0.493 e. The van der Waals surface area contributed by atoms with E-state index in [1.807, 2.05) is 35.0 Å². The van der Waals surface area contributed by atoms with Gasteiger partial charge in [0.1, 0.15) is 5.75 Å². The molecule has 1 saturated heterocycles. The number of aryl methyl sites for hydroxylation is 1. The molecule has 2 aliphatic heterocycles. The minimum atomic E-state index is -0.195. The smallest absolute Gasteiger partial charge is 0.251 e. The van der Waals surface area contributed by atoms with E-state index in [-0.39, 0.29) is 23.9 Å². The Kier molecular flexibility index (Phi) is 9.88. The van der Waals surface area contributed by atoms with E-state index in [1.54, 1.807) is 25.1 Å². The first kappa shape index (κ1) is 30.1. The average molecular weight is 607 g/mol.